The fourth-order valence-corrected chi connectivity index (χ4v) is 3.00. The molecule has 0 atom stereocenters. The van der Waals surface area contributed by atoms with Crippen LogP contribution in [0.15, 0.2) is 36.7 Å². The first kappa shape index (κ1) is 19.2. The van der Waals surface area contributed by atoms with E-state index in [0.717, 1.165) is 5.56 Å². The maximum atomic E-state index is 12.1. The number of halogens is 2. The molecule has 0 fully saturated rings. The number of aromatic hydroxyl groups is 1. The Morgan fingerprint density at radius 2 is 1.74 bits per heavy atom. The van der Waals surface area contributed by atoms with Crippen LogP contribution in [0, 0.1) is 0 Å². The van der Waals surface area contributed by atoms with E-state index in [1.54, 1.807) is 30.6 Å². The number of hydrogen-bond donors (Lipinski definition) is 3. The Morgan fingerprint density at radius 3 is 2.37 bits per heavy atom. The molecule has 3 rings (SSSR count). The van der Waals surface area contributed by atoms with Gasteiger partial charge in [-0.2, -0.15) is 0 Å². The molecule has 8 heteroatoms. The molecule has 2 aromatic heterocycles. The van der Waals surface area contributed by atoms with Gasteiger partial charge < -0.3 is 15.7 Å². The molecule has 0 aliphatic heterocycles. The highest BCUT2D eigenvalue weighted by Crippen LogP contribution is 2.36. The molecule has 1 aromatic carbocycles. The van der Waals surface area contributed by atoms with Crippen molar-refractivity contribution in [3.05, 3.63) is 46.7 Å². The quantitative estimate of drug-likeness (QED) is 0.545. The van der Waals surface area contributed by atoms with E-state index >= 15 is 0 Å². The average Bonchev–Trinajstić information content (AvgIpc) is 2.57. The van der Waals surface area contributed by atoms with Crippen LogP contribution in [0.2, 0.25) is 10.0 Å². The highest BCUT2D eigenvalue weighted by molar-refractivity contribution is 6.37. The number of benzene rings is 1. The minimum Gasteiger partial charge on any atom is -0.505 e. The summed E-state index contributed by atoms with van der Waals surface area (Å²) in [6.07, 6.45) is 3.23. The van der Waals surface area contributed by atoms with Gasteiger partial charge in [-0.1, -0.05) is 23.2 Å². The Bertz CT molecular complexity index is 1010. The van der Waals surface area contributed by atoms with E-state index in [0.29, 0.717) is 22.3 Å². The molecular weight excluding hydrogens is 387 g/mol. The van der Waals surface area contributed by atoms with Gasteiger partial charge in [0.25, 0.3) is 0 Å². The van der Waals surface area contributed by atoms with Crippen LogP contribution in [0.1, 0.15) is 20.8 Å². The lowest BCUT2D eigenvalue weighted by Crippen LogP contribution is -2.43. The number of phenolic OH excluding ortho intramolecular Hbond substituents is 1. The fraction of sp³-hybridized carbons (Fsp3) is 0.211. The van der Waals surface area contributed by atoms with Crippen molar-refractivity contribution in [2.24, 2.45) is 0 Å². The molecule has 3 N–H and O–H groups in total. The largest absolute Gasteiger partial charge is 0.505 e. The average molecular weight is 405 g/mol. The van der Waals surface area contributed by atoms with Crippen LogP contribution in [0.4, 0.5) is 10.5 Å². The summed E-state index contributed by atoms with van der Waals surface area (Å²) in [4.78, 5) is 20.9. The predicted molar refractivity (Wildman–Crippen MR) is 109 cm³/mol. The van der Waals surface area contributed by atoms with E-state index in [9.17, 15) is 9.90 Å². The van der Waals surface area contributed by atoms with Crippen molar-refractivity contribution in [2.45, 2.75) is 26.3 Å². The summed E-state index contributed by atoms with van der Waals surface area (Å²) >= 11 is 12.0. The third-order valence-electron chi connectivity index (χ3n) is 3.66. The number of nitrogens with one attached hydrogen (secondary N) is 2. The summed E-state index contributed by atoms with van der Waals surface area (Å²) in [7, 11) is 0. The van der Waals surface area contributed by atoms with Gasteiger partial charge in [-0.05, 0) is 50.6 Å². The van der Waals surface area contributed by atoms with Crippen molar-refractivity contribution in [3.63, 3.8) is 0 Å². The maximum absolute atomic E-state index is 12.1. The third kappa shape index (κ3) is 4.40. The van der Waals surface area contributed by atoms with Crippen LogP contribution in [-0.2, 0) is 0 Å². The lowest BCUT2D eigenvalue weighted by Gasteiger charge is -2.21. The van der Waals surface area contributed by atoms with E-state index in [1.807, 2.05) is 26.8 Å². The molecule has 6 nitrogen and oxygen atoms in total. The number of phenols is 1. The van der Waals surface area contributed by atoms with Gasteiger partial charge in [-0.3, -0.25) is 9.97 Å². The van der Waals surface area contributed by atoms with Crippen molar-refractivity contribution in [1.29, 1.82) is 0 Å². The minimum absolute atomic E-state index is 0.153. The van der Waals surface area contributed by atoms with Crippen LogP contribution in [-0.4, -0.2) is 26.6 Å². The molecule has 0 saturated heterocycles. The van der Waals surface area contributed by atoms with Crippen molar-refractivity contribution >= 4 is 46.0 Å². The van der Waals surface area contributed by atoms with E-state index < -0.39 is 0 Å². The first-order valence-electron chi connectivity index (χ1n) is 8.16. The van der Waals surface area contributed by atoms with Gasteiger partial charge in [0, 0.05) is 23.5 Å². The van der Waals surface area contributed by atoms with Gasteiger partial charge in [0.05, 0.1) is 21.2 Å². The zero-order valence-electron chi connectivity index (χ0n) is 15.0. The van der Waals surface area contributed by atoms with Crippen molar-refractivity contribution in [3.8, 4) is 16.9 Å². The highest BCUT2D eigenvalue weighted by Gasteiger charge is 2.15. The second kappa shape index (κ2) is 7.21. The minimum atomic E-state index is -0.356. The smallest absolute Gasteiger partial charge is 0.319 e. The summed E-state index contributed by atoms with van der Waals surface area (Å²) in [6, 6.07) is 6.38. The monoisotopic (exact) mass is 404 g/mol. The molecule has 0 aliphatic carbocycles. The number of aromatic nitrogens is 2. The molecule has 0 radical (unpaired) electrons. The van der Waals surface area contributed by atoms with Gasteiger partial charge >= 0.3 is 6.03 Å². The molecule has 3 aromatic rings. The summed E-state index contributed by atoms with van der Waals surface area (Å²) in [5, 5.41) is 15.7. The number of amides is 2. The molecule has 2 heterocycles. The molecule has 0 spiro atoms. The van der Waals surface area contributed by atoms with Crippen LogP contribution in [0.5, 0.6) is 5.75 Å². The van der Waals surface area contributed by atoms with Crippen LogP contribution in [0.3, 0.4) is 0 Å². The number of anilines is 1. The molecular formula is C19H18Cl2N4O2. The Kier molecular flexibility index (Phi) is 5.13. The molecule has 27 heavy (non-hydrogen) atoms. The second-order valence-corrected chi connectivity index (χ2v) is 7.88. The molecule has 140 valence electrons. The van der Waals surface area contributed by atoms with Crippen LogP contribution < -0.4 is 10.6 Å². The van der Waals surface area contributed by atoms with E-state index in [1.165, 1.54) is 0 Å². The maximum Gasteiger partial charge on any atom is 0.319 e. The van der Waals surface area contributed by atoms with Crippen molar-refractivity contribution < 1.29 is 9.90 Å². The number of carbonyl (C=O) groups excluding carboxylic acids is 1. The standard InChI is InChI=1S/C19H18Cl2N4O2/c1-19(2,3)25-18(27)24-14-4-5-22-15-8-11(9-23-16(14)15)10-6-12(20)17(26)13(21)7-10/h4-9,26H,1-3H3,(H2,22,24,25,27). The number of urea groups is 1. The number of pyridine rings is 2. The van der Waals surface area contributed by atoms with Crippen molar-refractivity contribution in [1.82, 2.24) is 15.3 Å². The number of hydrogen-bond acceptors (Lipinski definition) is 4. The number of carbonyl (C=O) groups is 1. The number of rotatable bonds is 2. The first-order chi connectivity index (χ1) is 12.6. The van der Waals surface area contributed by atoms with Gasteiger partial charge in [0.1, 0.15) is 5.52 Å². The van der Waals surface area contributed by atoms with E-state index in [2.05, 4.69) is 20.6 Å². The Hall–Kier alpha value is -2.57. The predicted octanol–water partition coefficient (Wildman–Crippen LogP) is 5.23. The fourth-order valence-electron chi connectivity index (χ4n) is 2.52. The van der Waals surface area contributed by atoms with Gasteiger partial charge in [-0.25, -0.2) is 4.79 Å². The zero-order valence-corrected chi connectivity index (χ0v) is 16.5. The SMILES string of the molecule is CC(C)(C)NC(=O)Nc1ccnc2cc(-c3cc(Cl)c(O)c(Cl)c3)cnc12. The van der Waals surface area contributed by atoms with E-state index in [4.69, 9.17) is 23.2 Å². The summed E-state index contributed by atoms with van der Waals surface area (Å²) in [5.41, 5.74) is 2.78. The van der Waals surface area contributed by atoms with Crippen molar-refractivity contribution in [2.75, 3.05) is 5.32 Å². The first-order valence-corrected chi connectivity index (χ1v) is 8.92. The second-order valence-electron chi connectivity index (χ2n) is 7.07. The highest BCUT2D eigenvalue weighted by atomic mass is 35.5. The van der Waals surface area contributed by atoms with Crippen LogP contribution in [0.25, 0.3) is 22.2 Å². The Balaban J connectivity index is 1.97. The number of nitrogens with zero attached hydrogens (tertiary/aromatic N) is 2. The summed E-state index contributed by atoms with van der Waals surface area (Å²) < 4.78 is 0. The Labute approximate surface area is 166 Å². The molecule has 2 amide bonds. The molecule has 0 aliphatic rings. The molecule has 0 unspecified atom stereocenters. The van der Waals surface area contributed by atoms with Gasteiger partial charge in [-0.15, -0.1) is 0 Å². The lowest BCUT2D eigenvalue weighted by molar-refractivity contribution is 0.244. The molecule has 0 saturated carbocycles. The third-order valence-corrected chi connectivity index (χ3v) is 4.24. The normalized spacial score (nSPS) is 11.4. The van der Waals surface area contributed by atoms with E-state index in [-0.39, 0.29) is 27.4 Å². The lowest BCUT2D eigenvalue weighted by atomic mass is 10.1. The summed E-state index contributed by atoms with van der Waals surface area (Å²) in [6.45, 7) is 5.70. The van der Waals surface area contributed by atoms with Gasteiger partial charge in [0.15, 0.2) is 5.75 Å². The molecule has 0 bridgehead atoms. The van der Waals surface area contributed by atoms with Gasteiger partial charge in [0.2, 0.25) is 0 Å². The summed E-state index contributed by atoms with van der Waals surface area (Å²) in [5.74, 6) is -0.162. The van der Waals surface area contributed by atoms with Crippen LogP contribution >= 0.6 is 23.2 Å². The Morgan fingerprint density at radius 1 is 1.07 bits per heavy atom. The topological polar surface area (TPSA) is 87.1 Å². The zero-order chi connectivity index (χ0) is 19.8. The number of fused-ring (bicyclic) bond motifs is 1.